The van der Waals surface area contributed by atoms with Crippen LogP contribution < -0.4 is 0 Å². The number of nitrogens with zero attached hydrogens (tertiary/aromatic N) is 1. The van der Waals surface area contributed by atoms with E-state index < -0.39 is 22.9 Å². The minimum atomic E-state index is -4.74. The molecule has 1 heterocycles. The van der Waals surface area contributed by atoms with Gasteiger partial charge in [0.05, 0.1) is 10.9 Å². The molecule has 2 rings (SSSR count). The lowest BCUT2D eigenvalue weighted by molar-refractivity contribution is -0.140. The van der Waals surface area contributed by atoms with Crippen molar-refractivity contribution in [3.63, 3.8) is 0 Å². The molecule has 0 fully saturated rings. The lowest BCUT2D eigenvalue weighted by Crippen LogP contribution is -2.10. The van der Waals surface area contributed by atoms with Crippen LogP contribution in [0.5, 0.6) is 0 Å². The number of rotatable bonds is 3. The first-order valence-electron chi connectivity index (χ1n) is 6.20. The van der Waals surface area contributed by atoms with Gasteiger partial charge in [-0.25, -0.2) is 4.39 Å². The van der Waals surface area contributed by atoms with Gasteiger partial charge in [0, 0.05) is 18.3 Å². The van der Waals surface area contributed by atoms with E-state index in [2.05, 4.69) is 4.98 Å². The summed E-state index contributed by atoms with van der Waals surface area (Å²) in [5.74, 6) is -1.30. The highest BCUT2D eigenvalue weighted by Gasteiger charge is 2.34. The highest BCUT2D eigenvalue weighted by atomic mass is 35.5. The van der Waals surface area contributed by atoms with Crippen LogP contribution in [0.25, 0.3) is 0 Å². The number of halogens is 5. The number of alkyl halides is 4. The van der Waals surface area contributed by atoms with Gasteiger partial charge in [-0.3, -0.25) is 4.98 Å². The van der Waals surface area contributed by atoms with Crippen molar-refractivity contribution in [3.8, 4) is 0 Å². The Morgan fingerprint density at radius 3 is 2.57 bits per heavy atom. The Bertz CT molecular complexity index is 640. The number of pyridine rings is 1. The van der Waals surface area contributed by atoms with Crippen molar-refractivity contribution >= 4 is 11.6 Å². The van der Waals surface area contributed by atoms with Crippen LogP contribution in [0.4, 0.5) is 17.6 Å². The SMILES string of the molecule is Cc1cccnc1CC(Cl)c1ccc(F)c(C(F)(F)F)c1. The van der Waals surface area contributed by atoms with Crippen LogP contribution in [0.15, 0.2) is 36.5 Å². The Labute approximate surface area is 124 Å². The van der Waals surface area contributed by atoms with Gasteiger partial charge in [-0.2, -0.15) is 13.2 Å². The van der Waals surface area contributed by atoms with Crippen LogP contribution in [0.1, 0.15) is 27.8 Å². The fourth-order valence-corrected chi connectivity index (χ4v) is 2.26. The number of aromatic nitrogens is 1. The molecule has 0 aliphatic rings. The fraction of sp³-hybridized carbons (Fsp3) is 0.267. The maximum Gasteiger partial charge on any atom is 0.419 e. The summed E-state index contributed by atoms with van der Waals surface area (Å²) in [6.07, 6.45) is -2.87. The zero-order valence-electron chi connectivity index (χ0n) is 11.1. The molecule has 1 aromatic heterocycles. The first-order valence-corrected chi connectivity index (χ1v) is 6.64. The summed E-state index contributed by atoms with van der Waals surface area (Å²) in [5.41, 5.74) is 0.524. The topological polar surface area (TPSA) is 12.9 Å². The van der Waals surface area contributed by atoms with Crippen LogP contribution in [-0.2, 0) is 12.6 Å². The number of hydrogen-bond donors (Lipinski definition) is 0. The van der Waals surface area contributed by atoms with Gasteiger partial charge in [-0.1, -0.05) is 12.1 Å². The Balaban J connectivity index is 2.28. The summed E-state index contributed by atoms with van der Waals surface area (Å²) in [7, 11) is 0. The van der Waals surface area contributed by atoms with E-state index in [9.17, 15) is 17.6 Å². The third kappa shape index (κ3) is 3.73. The van der Waals surface area contributed by atoms with Crippen LogP contribution in [0.3, 0.4) is 0 Å². The van der Waals surface area contributed by atoms with Crippen LogP contribution in [0.2, 0.25) is 0 Å². The molecule has 0 saturated heterocycles. The molecule has 112 valence electrons. The van der Waals surface area contributed by atoms with Crippen molar-refractivity contribution in [2.24, 2.45) is 0 Å². The maximum atomic E-state index is 13.2. The first kappa shape index (κ1) is 15.8. The summed E-state index contributed by atoms with van der Waals surface area (Å²) in [6, 6.07) is 6.42. The minimum absolute atomic E-state index is 0.218. The van der Waals surface area contributed by atoms with E-state index in [0.29, 0.717) is 5.69 Å². The van der Waals surface area contributed by atoms with Crippen molar-refractivity contribution in [3.05, 3.63) is 64.7 Å². The summed E-state index contributed by atoms with van der Waals surface area (Å²) in [4.78, 5) is 4.15. The molecule has 0 amide bonds. The molecule has 2 aromatic rings. The second kappa shape index (κ2) is 6.02. The Morgan fingerprint density at radius 2 is 1.95 bits per heavy atom. The largest absolute Gasteiger partial charge is 0.419 e. The predicted molar refractivity (Wildman–Crippen MR) is 72.7 cm³/mol. The van der Waals surface area contributed by atoms with Crippen LogP contribution in [-0.4, -0.2) is 4.98 Å². The van der Waals surface area contributed by atoms with Crippen LogP contribution in [0, 0.1) is 12.7 Å². The predicted octanol–water partition coefficient (Wildman–Crippen LogP) is 5.07. The Hall–Kier alpha value is -1.62. The molecule has 0 N–H and O–H groups in total. The second-order valence-electron chi connectivity index (χ2n) is 4.68. The lowest BCUT2D eigenvalue weighted by Gasteiger charge is -2.14. The molecular formula is C15H12ClF4N. The Kier molecular flexibility index (Phi) is 4.52. The van der Waals surface area contributed by atoms with Crippen molar-refractivity contribution in [1.82, 2.24) is 4.98 Å². The van der Waals surface area contributed by atoms with Gasteiger partial charge in [0.25, 0.3) is 0 Å². The van der Waals surface area contributed by atoms with Gasteiger partial charge in [-0.05, 0) is 36.2 Å². The lowest BCUT2D eigenvalue weighted by atomic mass is 10.0. The monoisotopic (exact) mass is 317 g/mol. The fourth-order valence-electron chi connectivity index (χ4n) is 1.97. The third-order valence-electron chi connectivity index (χ3n) is 3.15. The van der Waals surface area contributed by atoms with Crippen molar-refractivity contribution < 1.29 is 17.6 Å². The molecule has 6 heteroatoms. The second-order valence-corrected chi connectivity index (χ2v) is 5.20. The van der Waals surface area contributed by atoms with Crippen molar-refractivity contribution in [1.29, 1.82) is 0 Å². The van der Waals surface area contributed by atoms with Crippen molar-refractivity contribution in [2.75, 3.05) is 0 Å². The van der Waals surface area contributed by atoms with Gasteiger partial charge >= 0.3 is 6.18 Å². The van der Waals surface area contributed by atoms with Gasteiger partial charge in [-0.15, -0.1) is 11.6 Å². The maximum absolute atomic E-state index is 13.2. The van der Waals surface area contributed by atoms with E-state index in [1.54, 1.807) is 12.3 Å². The van der Waals surface area contributed by atoms with Gasteiger partial charge in [0.15, 0.2) is 0 Å². The van der Waals surface area contributed by atoms with E-state index in [1.807, 2.05) is 13.0 Å². The van der Waals surface area contributed by atoms with E-state index >= 15 is 0 Å². The summed E-state index contributed by atoms with van der Waals surface area (Å²) in [6.45, 7) is 1.84. The molecule has 1 aromatic carbocycles. The molecule has 1 nitrogen and oxygen atoms in total. The molecular weight excluding hydrogens is 306 g/mol. The zero-order valence-corrected chi connectivity index (χ0v) is 11.8. The number of benzene rings is 1. The highest BCUT2D eigenvalue weighted by Crippen LogP contribution is 2.35. The molecule has 0 spiro atoms. The van der Waals surface area contributed by atoms with E-state index in [4.69, 9.17) is 11.6 Å². The molecule has 0 bridgehead atoms. The van der Waals surface area contributed by atoms with Crippen molar-refractivity contribution in [2.45, 2.75) is 24.9 Å². The molecule has 0 aliphatic carbocycles. The van der Waals surface area contributed by atoms with E-state index in [1.165, 1.54) is 6.07 Å². The molecule has 1 unspecified atom stereocenters. The normalized spacial score (nSPS) is 13.2. The smallest absolute Gasteiger partial charge is 0.261 e. The molecule has 21 heavy (non-hydrogen) atoms. The van der Waals surface area contributed by atoms with Gasteiger partial charge in [0.1, 0.15) is 5.82 Å². The summed E-state index contributed by atoms with van der Waals surface area (Å²) >= 11 is 6.16. The Morgan fingerprint density at radius 1 is 1.24 bits per heavy atom. The highest BCUT2D eigenvalue weighted by molar-refractivity contribution is 6.20. The quantitative estimate of drug-likeness (QED) is 0.569. The molecule has 0 radical (unpaired) electrons. The van der Waals surface area contributed by atoms with Crippen LogP contribution >= 0.6 is 11.6 Å². The summed E-state index contributed by atoms with van der Waals surface area (Å²) in [5, 5.41) is -0.708. The first-order chi connectivity index (χ1) is 9.79. The van der Waals surface area contributed by atoms with Gasteiger partial charge < -0.3 is 0 Å². The zero-order chi connectivity index (χ0) is 15.6. The number of aryl methyl sites for hydroxylation is 1. The third-order valence-corrected chi connectivity index (χ3v) is 3.55. The molecule has 0 saturated carbocycles. The standard InChI is InChI=1S/C15H12ClF4N/c1-9-3-2-6-21-14(9)8-12(16)10-4-5-13(17)11(7-10)15(18,19)20/h2-7,12H,8H2,1H3. The van der Waals surface area contributed by atoms with Gasteiger partial charge in [0.2, 0.25) is 0 Å². The number of hydrogen-bond acceptors (Lipinski definition) is 1. The average molecular weight is 318 g/mol. The van der Waals surface area contributed by atoms with E-state index in [0.717, 1.165) is 17.7 Å². The molecule has 0 aliphatic heterocycles. The summed E-state index contributed by atoms with van der Waals surface area (Å²) < 4.78 is 51.3. The minimum Gasteiger partial charge on any atom is -0.261 e. The average Bonchev–Trinajstić information content (AvgIpc) is 2.40. The molecule has 1 atom stereocenters. The van der Waals surface area contributed by atoms with E-state index in [-0.39, 0.29) is 12.0 Å².